The average Bonchev–Trinajstić information content (AvgIpc) is 3.60. The summed E-state index contributed by atoms with van der Waals surface area (Å²) in [6.45, 7) is 7.87. The molecule has 3 aliphatic rings. The number of hydrogen-bond acceptors (Lipinski definition) is 9. The van der Waals surface area contributed by atoms with Gasteiger partial charge in [0.15, 0.2) is 0 Å². The van der Waals surface area contributed by atoms with Crippen LogP contribution < -0.4 is 14.2 Å². The van der Waals surface area contributed by atoms with Crippen molar-refractivity contribution < 1.29 is 28.5 Å². The average molecular weight is 578 g/mol. The van der Waals surface area contributed by atoms with Gasteiger partial charge in [0, 0.05) is 56.4 Å². The normalized spacial score (nSPS) is 23.6. The first-order valence-corrected chi connectivity index (χ1v) is 14.5. The molecular formula is C31H39N5O6. The van der Waals surface area contributed by atoms with Crippen LogP contribution in [0.15, 0.2) is 30.6 Å². The number of piperazine rings is 1. The Kier molecular flexibility index (Phi) is 7.24. The van der Waals surface area contributed by atoms with E-state index in [-0.39, 0.29) is 29.8 Å². The largest absolute Gasteiger partial charge is 0.496 e. The number of rotatable bonds is 7. The maximum atomic E-state index is 13.1. The summed E-state index contributed by atoms with van der Waals surface area (Å²) in [5.41, 5.74) is 1.96. The summed E-state index contributed by atoms with van der Waals surface area (Å²) in [7, 11) is 5.12. The minimum Gasteiger partial charge on any atom is -0.496 e. The molecule has 1 aliphatic carbocycles. The van der Waals surface area contributed by atoms with Crippen molar-refractivity contribution in [1.29, 1.82) is 0 Å². The third-order valence-electron chi connectivity index (χ3n) is 8.61. The lowest BCUT2D eigenvalue weighted by Gasteiger charge is -2.41. The van der Waals surface area contributed by atoms with E-state index in [1.807, 2.05) is 43.4 Å². The summed E-state index contributed by atoms with van der Waals surface area (Å²) < 4.78 is 24.4. The monoisotopic (exact) mass is 577 g/mol. The van der Waals surface area contributed by atoms with Crippen LogP contribution in [-0.4, -0.2) is 87.9 Å². The third-order valence-corrected chi connectivity index (χ3v) is 8.61. The minimum absolute atomic E-state index is 0.138. The Bertz CT molecular complexity index is 1480. The van der Waals surface area contributed by atoms with E-state index in [0.717, 1.165) is 48.0 Å². The highest BCUT2D eigenvalue weighted by Gasteiger charge is 2.50. The fourth-order valence-electron chi connectivity index (χ4n) is 6.45. The number of aromatic nitrogens is 3. The second-order valence-electron chi connectivity index (χ2n) is 12.6. The minimum atomic E-state index is -0.502. The molecule has 4 atom stereocenters. The van der Waals surface area contributed by atoms with E-state index in [1.54, 1.807) is 38.7 Å². The second kappa shape index (κ2) is 10.8. The van der Waals surface area contributed by atoms with Gasteiger partial charge in [0.05, 0.1) is 37.5 Å². The smallest absolute Gasteiger partial charge is 0.410 e. The van der Waals surface area contributed by atoms with Gasteiger partial charge in [-0.25, -0.2) is 14.8 Å². The van der Waals surface area contributed by atoms with Crippen molar-refractivity contribution in [1.82, 2.24) is 24.3 Å². The maximum Gasteiger partial charge on any atom is 0.410 e. The van der Waals surface area contributed by atoms with Crippen molar-refractivity contribution >= 4 is 23.0 Å². The Morgan fingerprint density at radius 1 is 1.05 bits per heavy atom. The van der Waals surface area contributed by atoms with Crippen molar-refractivity contribution in [2.45, 2.75) is 57.7 Å². The number of likely N-dealkylation sites (tertiary alicyclic amines) is 1. The Morgan fingerprint density at radius 2 is 1.79 bits per heavy atom. The van der Waals surface area contributed by atoms with Crippen molar-refractivity contribution in [3.8, 4) is 28.8 Å². The van der Waals surface area contributed by atoms with Gasteiger partial charge in [-0.3, -0.25) is 9.69 Å². The molecule has 2 saturated heterocycles. The molecule has 5 heterocycles. The van der Waals surface area contributed by atoms with Crippen molar-refractivity contribution in [2.75, 3.05) is 33.9 Å². The quantitative estimate of drug-likeness (QED) is 0.380. The summed E-state index contributed by atoms with van der Waals surface area (Å²) in [6.07, 6.45) is 6.05. The van der Waals surface area contributed by atoms with Crippen molar-refractivity contribution in [3.63, 3.8) is 0 Å². The summed E-state index contributed by atoms with van der Waals surface area (Å²) in [5, 5.41) is 0.880. The first-order chi connectivity index (χ1) is 20.1. The number of amides is 1. The van der Waals surface area contributed by atoms with Crippen LogP contribution in [0.1, 0.15) is 40.0 Å². The summed E-state index contributed by atoms with van der Waals surface area (Å²) in [6, 6.07) is 6.19. The molecule has 0 N–H and O–H groups in total. The molecule has 2 bridgehead atoms. The van der Waals surface area contributed by atoms with Gasteiger partial charge < -0.3 is 28.4 Å². The fraction of sp³-hybridized carbons (Fsp3) is 0.548. The highest BCUT2D eigenvalue weighted by atomic mass is 16.6. The predicted molar refractivity (Wildman–Crippen MR) is 156 cm³/mol. The topological polar surface area (TPSA) is 108 Å². The Labute approximate surface area is 245 Å². The zero-order chi connectivity index (χ0) is 29.8. The molecule has 11 heteroatoms. The van der Waals surface area contributed by atoms with E-state index in [0.29, 0.717) is 36.8 Å². The van der Waals surface area contributed by atoms with Crippen LogP contribution in [0.4, 0.5) is 4.79 Å². The van der Waals surface area contributed by atoms with Gasteiger partial charge in [-0.1, -0.05) is 0 Å². The van der Waals surface area contributed by atoms with Crippen molar-refractivity contribution in [2.24, 2.45) is 18.9 Å². The zero-order valence-corrected chi connectivity index (χ0v) is 25.1. The van der Waals surface area contributed by atoms with Crippen LogP contribution in [-0.2, 0) is 16.6 Å². The Morgan fingerprint density at radius 3 is 2.45 bits per heavy atom. The van der Waals surface area contributed by atoms with Crippen LogP contribution in [0.3, 0.4) is 0 Å². The van der Waals surface area contributed by atoms with E-state index in [4.69, 9.17) is 18.9 Å². The summed E-state index contributed by atoms with van der Waals surface area (Å²) >= 11 is 0. The number of hydrogen-bond donors (Lipinski definition) is 0. The van der Waals surface area contributed by atoms with E-state index < -0.39 is 5.60 Å². The molecule has 3 fully saturated rings. The number of methoxy groups -OCH3 is 2. The van der Waals surface area contributed by atoms with E-state index in [9.17, 15) is 9.59 Å². The lowest BCUT2D eigenvalue weighted by Crippen LogP contribution is -2.56. The molecule has 42 heavy (non-hydrogen) atoms. The predicted octanol–water partition coefficient (Wildman–Crippen LogP) is 4.28. The molecular weight excluding hydrogens is 538 g/mol. The standard InChI is InChI=1S/C31H39N5O6/c1-31(2,3)42-30(38)35-16-20-7-8-21(17-35)36(20)15-19-11-22(19)29(37)41-26-13-18-12-23(34(4)24(18)14-33-26)27-25(39-5)9-10-32-28(27)40-6/h9-10,12-14,19-22H,7-8,11,15-17H2,1-6H3/t19-,20?,21?,22+/m1/s1. The number of carbonyl (C=O) groups is 2. The molecule has 224 valence electrons. The molecule has 1 saturated carbocycles. The van der Waals surface area contributed by atoms with Crippen LogP contribution in [0.2, 0.25) is 0 Å². The molecule has 3 aromatic rings. The first kappa shape index (κ1) is 28.3. The molecule has 0 spiro atoms. The van der Waals surface area contributed by atoms with Gasteiger partial charge in [0.25, 0.3) is 0 Å². The van der Waals surface area contributed by atoms with Gasteiger partial charge in [-0.05, 0) is 58.1 Å². The van der Waals surface area contributed by atoms with Gasteiger partial charge in [0.1, 0.15) is 16.9 Å². The highest BCUT2D eigenvalue weighted by Crippen LogP contribution is 2.44. The number of pyridine rings is 2. The number of aryl methyl sites for hydroxylation is 1. The zero-order valence-electron chi connectivity index (χ0n) is 25.1. The SMILES string of the molecule is COc1ccnc(OC)c1-c1cc2cc(OC(=O)[C@H]3C[C@@H]3CN3C4CCC3CN(C(=O)OC(C)(C)C)C4)ncc2n1C. The van der Waals surface area contributed by atoms with Gasteiger partial charge >= 0.3 is 12.1 Å². The van der Waals surface area contributed by atoms with E-state index >= 15 is 0 Å². The van der Waals surface area contributed by atoms with Crippen LogP contribution in [0.25, 0.3) is 22.2 Å². The Balaban J connectivity index is 1.09. The van der Waals surface area contributed by atoms with Gasteiger partial charge in [-0.2, -0.15) is 0 Å². The number of ether oxygens (including phenoxy) is 4. The number of nitrogens with zero attached hydrogens (tertiary/aromatic N) is 5. The molecule has 1 amide bonds. The molecule has 11 nitrogen and oxygen atoms in total. The van der Waals surface area contributed by atoms with Gasteiger partial charge in [0.2, 0.25) is 11.8 Å². The third kappa shape index (κ3) is 5.37. The lowest BCUT2D eigenvalue weighted by atomic mass is 10.1. The second-order valence-corrected chi connectivity index (χ2v) is 12.6. The molecule has 0 radical (unpaired) electrons. The number of fused-ring (bicyclic) bond motifs is 3. The lowest BCUT2D eigenvalue weighted by molar-refractivity contribution is -0.136. The number of esters is 1. The molecule has 3 aromatic heterocycles. The Hall–Kier alpha value is -3.86. The van der Waals surface area contributed by atoms with E-state index in [2.05, 4.69) is 14.9 Å². The van der Waals surface area contributed by atoms with Crippen LogP contribution >= 0.6 is 0 Å². The maximum absolute atomic E-state index is 13.1. The number of carbonyl (C=O) groups excluding carboxylic acids is 2. The van der Waals surface area contributed by atoms with Crippen LogP contribution in [0.5, 0.6) is 17.5 Å². The molecule has 2 aliphatic heterocycles. The van der Waals surface area contributed by atoms with E-state index in [1.165, 1.54) is 0 Å². The summed E-state index contributed by atoms with van der Waals surface area (Å²) in [4.78, 5) is 38.8. The highest BCUT2D eigenvalue weighted by molar-refractivity contribution is 5.90. The van der Waals surface area contributed by atoms with Crippen LogP contribution in [0, 0.1) is 11.8 Å². The molecule has 2 unspecified atom stereocenters. The fourth-order valence-corrected chi connectivity index (χ4v) is 6.45. The van der Waals surface area contributed by atoms with Gasteiger partial charge in [-0.15, -0.1) is 0 Å². The molecule has 6 rings (SSSR count). The summed E-state index contributed by atoms with van der Waals surface area (Å²) in [5.74, 6) is 1.27. The van der Waals surface area contributed by atoms with Crippen molar-refractivity contribution in [3.05, 3.63) is 30.6 Å². The molecule has 0 aromatic carbocycles. The first-order valence-electron chi connectivity index (χ1n) is 14.5.